The van der Waals surface area contributed by atoms with Gasteiger partial charge in [-0.2, -0.15) is 0 Å². The summed E-state index contributed by atoms with van der Waals surface area (Å²) in [5.74, 6) is 0.906. The number of fused-ring (bicyclic) bond motifs is 1. The lowest BCUT2D eigenvalue weighted by Crippen LogP contribution is -2.52. The van der Waals surface area contributed by atoms with Crippen molar-refractivity contribution in [1.29, 1.82) is 0 Å². The number of ether oxygens (including phenoxy) is 1. The fourth-order valence-corrected chi connectivity index (χ4v) is 6.00. The molecule has 2 saturated heterocycles. The predicted molar refractivity (Wildman–Crippen MR) is 128 cm³/mol. The van der Waals surface area contributed by atoms with E-state index in [1.807, 2.05) is 18.4 Å². The van der Waals surface area contributed by atoms with Gasteiger partial charge < -0.3 is 15.4 Å². The number of halogens is 1. The van der Waals surface area contributed by atoms with Crippen LogP contribution in [0.4, 0.5) is 0 Å². The summed E-state index contributed by atoms with van der Waals surface area (Å²) in [5, 5.41) is 9.36. The van der Waals surface area contributed by atoms with Gasteiger partial charge in [-0.25, -0.2) is 0 Å². The van der Waals surface area contributed by atoms with E-state index in [2.05, 4.69) is 38.0 Å². The van der Waals surface area contributed by atoms with Gasteiger partial charge in [-0.15, -0.1) is 35.3 Å². The Kier molecular flexibility index (Phi) is 8.44. The first-order chi connectivity index (χ1) is 13.3. The van der Waals surface area contributed by atoms with Gasteiger partial charge in [-0.3, -0.25) is 9.89 Å². The lowest BCUT2D eigenvalue weighted by Gasteiger charge is -2.37. The van der Waals surface area contributed by atoms with Gasteiger partial charge in [0.15, 0.2) is 5.96 Å². The number of nitrogens with zero attached hydrogens (tertiary/aromatic N) is 2. The topological polar surface area (TPSA) is 48.9 Å². The first-order valence-electron chi connectivity index (χ1n) is 10.6. The molecular weight excluding hydrogens is 483 g/mol. The molecule has 4 rings (SSSR count). The van der Waals surface area contributed by atoms with Crippen LogP contribution in [-0.4, -0.2) is 62.8 Å². The number of morpholine rings is 1. The molecule has 2 atom stereocenters. The van der Waals surface area contributed by atoms with Crippen LogP contribution in [0.15, 0.2) is 22.5 Å². The maximum absolute atomic E-state index is 6.07. The Morgan fingerprint density at radius 2 is 2.14 bits per heavy atom. The van der Waals surface area contributed by atoms with Gasteiger partial charge in [0.2, 0.25) is 0 Å². The van der Waals surface area contributed by atoms with Crippen molar-refractivity contribution in [3.63, 3.8) is 0 Å². The summed E-state index contributed by atoms with van der Waals surface area (Å²) in [6.07, 6.45) is 9.47. The van der Waals surface area contributed by atoms with E-state index in [0.717, 1.165) is 32.2 Å². The first-order valence-corrected chi connectivity index (χ1v) is 11.5. The summed E-state index contributed by atoms with van der Waals surface area (Å²) in [6, 6.07) is 5.17. The Balaban J connectivity index is 0.00000225. The largest absolute Gasteiger partial charge is 0.373 e. The highest BCUT2D eigenvalue weighted by molar-refractivity contribution is 14.0. The summed E-state index contributed by atoms with van der Waals surface area (Å²) in [5.41, 5.74) is 0.272. The Morgan fingerprint density at radius 3 is 2.89 bits per heavy atom. The Morgan fingerprint density at radius 1 is 1.29 bits per heavy atom. The molecule has 158 valence electrons. The van der Waals surface area contributed by atoms with Crippen LogP contribution in [0.1, 0.15) is 49.8 Å². The SMILES string of the molecule is CN=C(NCC1CN2CCCC2CO1)NCC1(c2cccs2)CCCCC1.I. The monoisotopic (exact) mass is 518 g/mol. The number of aliphatic imine (C=N–C) groups is 1. The summed E-state index contributed by atoms with van der Waals surface area (Å²) in [7, 11) is 1.87. The minimum atomic E-state index is 0. The summed E-state index contributed by atoms with van der Waals surface area (Å²) < 4.78 is 6.07. The van der Waals surface area contributed by atoms with Gasteiger partial charge in [0.05, 0.1) is 12.7 Å². The van der Waals surface area contributed by atoms with Crippen molar-refractivity contribution in [3.8, 4) is 0 Å². The van der Waals surface area contributed by atoms with Crippen molar-refractivity contribution in [3.05, 3.63) is 22.4 Å². The lowest BCUT2D eigenvalue weighted by molar-refractivity contribution is -0.0453. The second kappa shape index (κ2) is 10.6. The molecule has 2 unspecified atom stereocenters. The molecule has 0 spiro atoms. The molecule has 0 amide bonds. The van der Waals surface area contributed by atoms with Crippen molar-refractivity contribution >= 4 is 41.3 Å². The molecule has 1 aliphatic carbocycles. The normalized spacial score (nSPS) is 27.7. The zero-order valence-electron chi connectivity index (χ0n) is 17.0. The average Bonchev–Trinajstić information content (AvgIpc) is 3.40. The van der Waals surface area contributed by atoms with Crippen LogP contribution < -0.4 is 10.6 Å². The third-order valence-corrected chi connectivity index (χ3v) is 7.75. The number of guanidine groups is 1. The molecule has 2 N–H and O–H groups in total. The molecule has 1 saturated carbocycles. The van der Waals surface area contributed by atoms with Crippen LogP contribution in [0.5, 0.6) is 0 Å². The van der Waals surface area contributed by atoms with Crippen molar-refractivity contribution in [2.75, 3.05) is 39.8 Å². The molecule has 1 aromatic heterocycles. The molecule has 1 aromatic rings. The smallest absolute Gasteiger partial charge is 0.191 e. The van der Waals surface area contributed by atoms with E-state index in [1.54, 1.807) is 0 Å². The second-order valence-electron chi connectivity index (χ2n) is 8.37. The highest BCUT2D eigenvalue weighted by atomic mass is 127. The van der Waals surface area contributed by atoms with Crippen molar-refractivity contribution < 1.29 is 4.74 Å². The van der Waals surface area contributed by atoms with E-state index in [4.69, 9.17) is 4.74 Å². The van der Waals surface area contributed by atoms with E-state index in [-0.39, 0.29) is 35.5 Å². The fraction of sp³-hybridized carbons (Fsp3) is 0.762. The second-order valence-corrected chi connectivity index (χ2v) is 9.32. The molecule has 0 bridgehead atoms. The van der Waals surface area contributed by atoms with Gasteiger partial charge in [0, 0.05) is 43.0 Å². The lowest BCUT2D eigenvalue weighted by atomic mass is 9.73. The third-order valence-electron chi connectivity index (χ3n) is 6.63. The summed E-state index contributed by atoms with van der Waals surface area (Å²) in [6.45, 7) is 4.97. The molecule has 28 heavy (non-hydrogen) atoms. The number of hydrogen-bond acceptors (Lipinski definition) is 4. The molecular formula is C21H35IN4OS. The van der Waals surface area contributed by atoms with Gasteiger partial charge in [-0.1, -0.05) is 25.3 Å². The fourth-order valence-electron chi connectivity index (χ4n) is 5.01. The Labute approximate surface area is 190 Å². The summed E-state index contributed by atoms with van der Waals surface area (Å²) in [4.78, 5) is 8.59. The summed E-state index contributed by atoms with van der Waals surface area (Å²) >= 11 is 1.91. The zero-order valence-corrected chi connectivity index (χ0v) is 20.1. The van der Waals surface area contributed by atoms with E-state index < -0.39 is 0 Å². The van der Waals surface area contributed by atoms with Crippen LogP contribution in [-0.2, 0) is 10.2 Å². The standard InChI is InChI=1S/C21H34N4OS.HI/c1-22-20(23-13-18-14-25-11-5-7-17(25)15-26-18)24-16-21(9-3-2-4-10-21)19-8-6-12-27-19;/h6,8,12,17-18H,2-5,7,9-11,13-16H2,1H3,(H2,22,23,24);1H. The molecule has 0 aromatic carbocycles. The highest BCUT2D eigenvalue weighted by Crippen LogP contribution is 2.41. The van der Waals surface area contributed by atoms with Gasteiger partial charge in [-0.05, 0) is 43.7 Å². The molecule has 3 aliphatic rings. The molecule has 0 radical (unpaired) electrons. The van der Waals surface area contributed by atoms with E-state index >= 15 is 0 Å². The minimum Gasteiger partial charge on any atom is -0.373 e. The number of thiophene rings is 1. The van der Waals surface area contributed by atoms with Gasteiger partial charge in [0.1, 0.15) is 0 Å². The van der Waals surface area contributed by atoms with Crippen LogP contribution in [0.3, 0.4) is 0 Å². The van der Waals surface area contributed by atoms with Gasteiger partial charge in [0.25, 0.3) is 0 Å². The number of nitrogens with one attached hydrogen (secondary N) is 2. The molecule has 3 heterocycles. The van der Waals surface area contributed by atoms with E-state index in [9.17, 15) is 0 Å². The number of hydrogen-bond donors (Lipinski definition) is 2. The van der Waals surface area contributed by atoms with Crippen LogP contribution in [0.25, 0.3) is 0 Å². The van der Waals surface area contributed by atoms with Crippen LogP contribution in [0, 0.1) is 0 Å². The van der Waals surface area contributed by atoms with E-state index in [1.165, 1.54) is 56.4 Å². The van der Waals surface area contributed by atoms with Gasteiger partial charge >= 0.3 is 0 Å². The number of rotatable bonds is 5. The average molecular weight is 519 g/mol. The Bertz CT molecular complexity index is 618. The maximum Gasteiger partial charge on any atom is 0.191 e. The Hall–Kier alpha value is -0.380. The van der Waals surface area contributed by atoms with Crippen LogP contribution >= 0.6 is 35.3 Å². The van der Waals surface area contributed by atoms with Crippen molar-refractivity contribution in [2.24, 2.45) is 4.99 Å². The van der Waals surface area contributed by atoms with Crippen molar-refractivity contribution in [1.82, 2.24) is 15.5 Å². The highest BCUT2D eigenvalue weighted by Gasteiger charge is 2.35. The maximum atomic E-state index is 6.07. The molecule has 2 aliphatic heterocycles. The zero-order chi connectivity index (χ0) is 18.5. The molecule has 3 fully saturated rings. The predicted octanol–water partition coefficient (Wildman–Crippen LogP) is 3.60. The first kappa shape index (κ1) is 22.3. The van der Waals surface area contributed by atoms with Crippen LogP contribution in [0.2, 0.25) is 0 Å². The minimum absolute atomic E-state index is 0. The molecule has 7 heteroatoms. The quantitative estimate of drug-likeness (QED) is 0.356. The van der Waals surface area contributed by atoms with Crippen molar-refractivity contribution in [2.45, 2.75) is 62.5 Å². The van der Waals surface area contributed by atoms with E-state index in [0.29, 0.717) is 6.04 Å². The molecule has 5 nitrogen and oxygen atoms in total. The third kappa shape index (κ3) is 5.21.